The van der Waals surface area contributed by atoms with Crippen LogP contribution in [-0.4, -0.2) is 49.2 Å². The van der Waals surface area contributed by atoms with Gasteiger partial charge in [0, 0.05) is 28.9 Å². The van der Waals surface area contributed by atoms with E-state index in [0.717, 1.165) is 18.2 Å². The van der Waals surface area contributed by atoms with Crippen molar-refractivity contribution in [3.63, 3.8) is 0 Å². The Hall–Kier alpha value is -4.58. The quantitative estimate of drug-likeness (QED) is 0.171. The maximum Gasteiger partial charge on any atom is 0.333 e. The number of esters is 1. The molecule has 0 aliphatic rings. The standard InChI is InChI=1S/C28H28F3N3O6/c1-3-38-23-14-20(22(31)15-24(23)40-12-11-35)25(28(37)39-4-2)33-18-8-5-16(6-9-18)26(32)34-27(36)19-10-7-17(29)13-21(19)30/h5-10,13-15,25,33,35H,3-4,11-12H2,1-2H3,(H2,32,34,36). The van der Waals surface area contributed by atoms with Crippen LogP contribution < -0.4 is 20.5 Å². The summed E-state index contributed by atoms with van der Waals surface area (Å²) in [6.07, 6.45) is 0. The maximum atomic E-state index is 15.2. The van der Waals surface area contributed by atoms with E-state index >= 15 is 4.39 Å². The van der Waals surface area contributed by atoms with E-state index in [1.165, 1.54) is 30.3 Å². The number of aliphatic hydroxyl groups excluding tert-OH is 1. The highest BCUT2D eigenvalue weighted by Crippen LogP contribution is 2.35. The van der Waals surface area contributed by atoms with Gasteiger partial charge in [-0.2, -0.15) is 4.99 Å². The fourth-order valence-corrected chi connectivity index (χ4v) is 3.60. The average molecular weight is 560 g/mol. The molecular formula is C28H28F3N3O6. The number of hydrogen-bond donors (Lipinski definition) is 3. The highest BCUT2D eigenvalue weighted by molar-refractivity contribution is 6.08. The first-order valence-electron chi connectivity index (χ1n) is 12.3. The molecule has 1 unspecified atom stereocenters. The van der Waals surface area contributed by atoms with E-state index in [0.29, 0.717) is 17.3 Å². The molecule has 3 aromatic carbocycles. The fraction of sp³-hybridized carbons (Fsp3) is 0.250. The minimum Gasteiger partial charge on any atom is -0.490 e. The first-order valence-corrected chi connectivity index (χ1v) is 12.3. The smallest absolute Gasteiger partial charge is 0.333 e. The highest BCUT2D eigenvalue weighted by atomic mass is 19.1. The van der Waals surface area contributed by atoms with Gasteiger partial charge in [-0.3, -0.25) is 4.79 Å². The lowest BCUT2D eigenvalue weighted by atomic mass is 10.0. The maximum absolute atomic E-state index is 15.2. The first kappa shape index (κ1) is 30.0. The molecule has 0 aromatic heterocycles. The van der Waals surface area contributed by atoms with Crippen LogP contribution in [0.1, 0.15) is 41.4 Å². The van der Waals surface area contributed by atoms with Crippen molar-refractivity contribution < 1.29 is 42.1 Å². The van der Waals surface area contributed by atoms with Gasteiger partial charge < -0.3 is 30.4 Å². The molecule has 1 atom stereocenters. The van der Waals surface area contributed by atoms with Crippen LogP contribution in [0.4, 0.5) is 18.9 Å². The van der Waals surface area contributed by atoms with Crippen LogP contribution in [0.2, 0.25) is 0 Å². The van der Waals surface area contributed by atoms with Gasteiger partial charge in [-0.05, 0) is 56.3 Å². The summed E-state index contributed by atoms with van der Waals surface area (Å²) in [4.78, 5) is 28.8. The Kier molecular flexibility index (Phi) is 10.5. The monoisotopic (exact) mass is 559 g/mol. The topological polar surface area (TPSA) is 132 Å². The Labute approximate surface area is 228 Å². The Morgan fingerprint density at radius 3 is 2.27 bits per heavy atom. The van der Waals surface area contributed by atoms with Crippen LogP contribution in [-0.2, 0) is 9.53 Å². The van der Waals surface area contributed by atoms with Crippen molar-refractivity contribution in [1.82, 2.24) is 0 Å². The summed E-state index contributed by atoms with van der Waals surface area (Å²) >= 11 is 0. The normalized spacial score (nSPS) is 12.0. The van der Waals surface area contributed by atoms with Crippen molar-refractivity contribution in [2.24, 2.45) is 10.7 Å². The second-order valence-electron chi connectivity index (χ2n) is 8.16. The number of rotatable bonds is 12. The second-order valence-corrected chi connectivity index (χ2v) is 8.16. The molecule has 0 saturated heterocycles. The lowest BCUT2D eigenvalue weighted by Crippen LogP contribution is -2.25. The lowest BCUT2D eigenvalue weighted by Gasteiger charge is -2.21. The number of nitrogens with zero attached hydrogens (tertiary/aromatic N) is 1. The largest absolute Gasteiger partial charge is 0.490 e. The van der Waals surface area contributed by atoms with Gasteiger partial charge in [0.05, 0.1) is 25.4 Å². The number of nitrogens with two attached hydrogens (primary N) is 1. The van der Waals surface area contributed by atoms with E-state index in [1.54, 1.807) is 13.8 Å². The second kappa shape index (κ2) is 14.0. The summed E-state index contributed by atoms with van der Waals surface area (Å²) in [5, 5.41) is 11.9. The molecule has 9 nitrogen and oxygen atoms in total. The number of amidine groups is 1. The Bertz CT molecular complexity index is 1380. The molecule has 0 aliphatic carbocycles. The van der Waals surface area contributed by atoms with E-state index in [1.807, 2.05) is 0 Å². The van der Waals surface area contributed by atoms with Crippen LogP contribution in [0.25, 0.3) is 0 Å². The summed E-state index contributed by atoms with van der Waals surface area (Å²) in [7, 11) is 0. The molecule has 0 bridgehead atoms. The zero-order chi connectivity index (χ0) is 29.2. The summed E-state index contributed by atoms with van der Waals surface area (Å²) in [5.74, 6) is -4.43. The summed E-state index contributed by atoms with van der Waals surface area (Å²) in [6, 6.07) is 9.52. The number of hydrogen-bond acceptors (Lipinski definition) is 7. The summed E-state index contributed by atoms with van der Waals surface area (Å²) in [5.41, 5.74) is 6.05. The van der Waals surface area contributed by atoms with E-state index in [4.69, 9.17) is 25.1 Å². The van der Waals surface area contributed by atoms with Gasteiger partial charge in [0.15, 0.2) is 17.5 Å². The molecule has 1 amide bonds. The average Bonchev–Trinajstić information content (AvgIpc) is 2.92. The third-order valence-electron chi connectivity index (χ3n) is 5.42. The Morgan fingerprint density at radius 1 is 0.950 bits per heavy atom. The van der Waals surface area contributed by atoms with E-state index in [2.05, 4.69) is 10.3 Å². The van der Waals surface area contributed by atoms with Gasteiger partial charge in [-0.1, -0.05) is 0 Å². The van der Waals surface area contributed by atoms with Crippen molar-refractivity contribution >= 4 is 23.4 Å². The van der Waals surface area contributed by atoms with Gasteiger partial charge >= 0.3 is 5.97 Å². The molecule has 3 rings (SSSR count). The molecule has 40 heavy (non-hydrogen) atoms. The molecule has 212 valence electrons. The van der Waals surface area contributed by atoms with E-state index in [-0.39, 0.29) is 49.3 Å². The van der Waals surface area contributed by atoms with Crippen molar-refractivity contribution in [2.75, 3.05) is 31.7 Å². The van der Waals surface area contributed by atoms with Crippen molar-refractivity contribution in [3.05, 3.63) is 88.7 Å². The number of ether oxygens (including phenoxy) is 3. The van der Waals surface area contributed by atoms with Gasteiger partial charge in [0.1, 0.15) is 29.9 Å². The first-order chi connectivity index (χ1) is 19.2. The lowest BCUT2D eigenvalue weighted by molar-refractivity contribution is -0.144. The predicted octanol–water partition coefficient (Wildman–Crippen LogP) is 4.14. The van der Waals surface area contributed by atoms with Crippen molar-refractivity contribution in [3.8, 4) is 11.5 Å². The highest BCUT2D eigenvalue weighted by Gasteiger charge is 2.27. The minimum atomic E-state index is -1.29. The van der Waals surface area contributed by atoms with Crippen LogP contribution in [0.15, 0.2) is 59.6 Å². The number of anilines is 1. The Balaban J connectivity index is 1.88. The fourth-order valence-electron chi connectivity index (χ4n) is 3.60. The number of carbonyl (C=O) groups excluding carboxylic acids is 2. The molecular weight excluding hydrogens is 531 g/mol. The number of halogens is 3. The predicted molar refractivity (Wildman–Crippen MR) is 141 cm³/mol. The van der Waals surface area contributed by atoms with Gasteiger partial charge in [-0.15, -0.1) is 0 Å². The molecule has 4 N–H and O–H groups in total. The number of nitrogens with one attached hydrogen (secondary N) is 1. The zero-order valence-corrected chi connectivity index (χ0v) is 21.7. The SMILES string of the molecule is CCOC(=O)C(Nc1ccc(/C(N)=N/C(=O)c2ccc(F)cc2F)cc1)c1cc(OCC)c(OCCO)cc1F. The zero-order valence-electron chi connectivity index (χ0n) is 21.7. The van der Waals surface area contributed by atoms with Crippen LogP contribution in [0.5, 0.6) is 11.5 Å². The van der Waals surface area contributed by atoms with E-state index in [9.17, 15) is 18.4 Å². The van der Waals surface area contributed by atoms with Gasteiger partial charge in [0.2, 0.25) is 0 Å². The number of carbonyl (C=O) groups is 2. The third kappa shape index (κ3) is 7.50. The minimum absolute atomic E-state index is 0.0449. The molecule has 0 aliphatic heterocycles. The molecule has 0 spiro atoms. The molecule has 0 fully saturated rings. The molecule has 3 aromatic rings. The Morgan fingerprint density at radius 2 is 1.65 bits per heavy atom. The molecule has 12 heteroatoms. The number of benzene rings is 3. The number of amides is 1. The van der Waals surface area contributed by atoms with Crippen molar-refractivity contribution in [2.45, 2.75) is 19.9 Å². The third-order valence-corrected chi connectivity index (χ3v) is 5.42. The molecule has 0 radical (unpaired) electrons. The van der Waals surface area contributed by atoms with Gasteiger partial charge in [0.25, 0.3) is 5.91 Å². The summed E-state index contributed by atoms with van der Waals surface area (Å²) in [6.45, 7) is 3.24. The molecule has 0 heterocycles. The van der Waals surface area contributed by atoms with Crippen LogP contribution >= 0.6 is 0 Å². The number of aliphatic hydroxyl groups is 1. The van der Waals surface area contributed by atoms with Gasteiger partial charge in [-0.25, -0.2) is 18.0 Å². The molecule has 0 saturated carbocycles. The van der Waals surface area contributed by atoms with Crippen LogP contribution in [0, 0.1) is 17.5 Å². The van der Waals surface area contributed by atoms with E-state index < -0.39 is 40.9 Å². The summed E-state index contributed by atoms with van der Waals surface area (Å²) < 4.78 is 58.2. The number of aliphatic imine (C=N–C) groups is 1. The van der Waals surface area contributed by atoms with Crippen LogP contribution in [0.3, 0.4) is 0 Å². The van der Waals surface area contributed by atoms with Crippen molar-refractivity contribution in [1.29, 1.82) is 0 Å².